The normalized spacial score (nSPS) is 11.5. The molecule has 0 radical (unpaired) electrons. The summed E-state index contributed by atoms with van der Waals surface area (Å²) in [6.45, 7) is 9.62. The summed E-state index contributed by atoms with van der Waals surface area (Å²) in [6, 6.07) is 0. The van der Waals surface area contributed by atoms with Gasteiger partial charge in [-0.25, -0.2) is 9.37 Å². The zero-order chi connectivity index (χ0) is 16.3. The number of hydrogen-bond acceptors (Lipinski definition) is 3. The van der Waals surface area contributed by atoms with Crippen LogP contribution in [0.15, 0.2) is 48.7 Å². The SMILES string of the molecule is C=C/C(F)=C\C(=C/C)Cn1cncc1CC(=O)OC.CC. The van der Waals surface area contributed by atoms with E-state index in [1.807, 2.05) is 20.8 Å². The molecule has 0 saturated carbocycles. The first kappa shape index (κ1) is 18.8. The standard InChI is InChI=1S/C14H17FN2O2.C2H6/c1-4-11(6-12(15)5-2)9-17-10-16-8-13(17)7-14(18)19-3;1-2/h4-6,8,10H,2,7,9H2,1,3H3;1-2H3/b11-4+,12-6+;. The van der Waals surface area contributed by atoms with Crippen LogP contribution in [0.3, 0.4) is 0 Å². The highest BCUT2D eigenvalue weighted by Gasteiger charge is 2.09. The summed E-state index contributed by atoms with van der Waals surface area (Å²) in [5, 5.41) is 0. The molecule has 1 aromatic rings. The Morgan fingerprint density at radius 3 is 2.71 bits per heavy atom. The molecule has 1 rings (SSSR count). The van der Waals surface area contributed by atoms with Crippen LogP contribution in [-0.2, 0) is 22.5 Å². The number of rotatable bonds is 6. The number of methoxy groups -OCH3 is 1. The van der Waals surface area contributed by atoms with Crippen LogP contribution >= 0.6 is 0 Å². The third-order valence-corrected chi connectivity index (χ3v) is 2.59. The smallest absolute Gasteiger partial charge is 0.311 e. The van der Waals surface area contributed by atoms with Gasteiger partial charge in [0.15, 0.2) is 0 Å². The molecule has 0 saturated heterocycles. The number of aromatic nitrogens is 2. The Labute approximate surface area is 125 Å². The van der Waals surface area contributed by atoms with Crippen molar-refractivity contribution < 1.29 is 13.9 Å². The highest BCUT2D eigenvalue weighted by Crippen LogP contribution is 2.11. The van der Waals surface area contributed by atoms with E-state index in [1.165, 1.54) is 13.2 Å². The summed E-state index contributed by atoms with van der Waals surface area (Å²) in [4.78, 5) is 15.2. The maximum absolute atomic E-state index is 13.2. The predicted octanol–water partition coefficient (Wildman–Crippen LogP) is 3.61. The van der Waals surface area contributed by atoms with Gasteiger partial charge in [0.1, 0.15) is 5.83 Å². The summed E-state index contributed by atoms with van der Waals surface area (Å²) in [6.07, 6.45) is 7.67. The van der Waals surface area contributed by atoms with Crippen LogP contribution in [0.4, 0.5) is 4.39 Å². The van der Waals surface area contributed by atoms with E-state index in [9.17, 15) is 9.18 Å². The van der Waals surface area contributed by atoms with Crippen LogP contribution in [0.25, 0.3) is 0 Å². The Hall–Kier alpha value is -2.17. The number of nitrogens with zero attached hydrogens (tertiary/aromatic N) is 2. The third kappa shape index (κ3) is 6.70. The van der Waals surface area contributed by atoms with Crippen molar-refractivity contribution in [3.05, 3.63) is 54.4 Å². The molecule has 5 heteroatoms. The van der Waals surface area contributed by atoms with Gasteiger partial charge in [0.05, 0.1) is 19.9 Å². The number of esters is 1. The maximum Gasteiger partial charge on any atom is 0.311 e. The number of imidazole rings is 1. The molecular weight excluding hydrogens is 271 g/mol. The lowest BCUT2D eigenvalue weighted by Gasteiger charge is -2.08. The van der Waals surface area contributed by atoms with E-state index in [0.29, 0.717) is 6.54 Å². The zero-order valence-corrected chi connectivity index (χ0v) is 13.1. The van der Waals surface area contributed by atoms with Crippen molar-refractivity contribution in [2.45, 2.75) is 33.7 Å². The van der Waals surface area contributed by atoms with Gasteiger partial charge in [0.2, 0.25) is 0 Å². The summed E-state index contributed by atoms with van der Waals surface area (Å²) >= 11 is 0. The number of hydrogen-bond donors (Lipinski definition) is 0. The van der Waals surface area contributed by atoms with Gasteiger partial charge in [-0.05, 0) is 24.6 Å². The molecule has 0 aromatic carbocycles. The maximum atomic E-state index is 13.2. The highest BCUT2D eigenvalue weighted by atomic mass is 19.1. The minimum atomic E-state index is -0.400. The van der Waals surface area contributed by atoms with Crippen molar-refractivity contribution in [2.75, 3.05) is 7.11 Å². The minimum Gasteiger partial charge on any atom is -0.469 e. The molecule has 0 aliphatic heterocycles. The monoisotopic (exact) mass is 294 g/mol. The van der Waals surface area contributed by atoms with E-state index in [1.54, 1.807) is 23.2 Å². The molecule has 0 aliphatic carbocycles. The lowest BCUT2D eigenvalue weighted by molar-refractivity contribution is -0.139. The van der Waals surface area contributed by atoms with E-state index >= 15 is 0 Å². The Kier molecular flexibility index (Phi) is 9.50. The average molecular weight is 294 g/mol. The molecule has 0 aliphatic rings. The summed E-state index contributed by atoms with van der Waals surface area (Å²) < 4.78 is 19.6. The molecular formula is C16H23FN2O2. The third-order valence-electron chi connectivity index (χ3n) is 2.59. The van der Waals surface area contributed by atoms with Gasteiger partial charge >= 0.3 is 5.97 Å². The molecule has 0 fully saturated rings. The van der Waals surface area contributed by atoms with Crippen LogP contribution in [0.2, 0.25) is 0 Å². The number of allylic oxidation sites excluding steroid dienone is 5. The topological polar surface area (TPSA) is 44.1 Å². The van der Waals surface area contributed by atoms with Crippen molar-refractivity contribution in [2.24, 2.45) is 0 Å². The van der Waals surface area contributed by atoms with Crippen molar-refractivity contribution in [3.8, 4) is 0 Å². The highest BCUT2D eigenvalue weighted by molar-refractivity contribution is 5.71. The molecule has 4 nitrogen and oxygen atoms in total. The van der Waals surface area contributed by atoms with E-state index in [-0.39, 0.29) is 12.4 Å². The number of carbonyl (C=O) groups is 1. The van der Waals surface area contributed by atoms with Crippen molar-refractivity contribution in [1.29, 1.82) is 0 Å². The zero-order valence-electron chi connectivity index (χ0n) is 13.1. The number of ether oxygens (including phenoxy) is 1. The van der Waals surface area contributed by atoms with Crippen molar-refractivity contribution in [3.63, 3.8) is 0 Å². The molecule has 0 spiro atoms. The molecule has 0 bridgehead atoms. The molecule has 1 aromatic heterocycles. The largest absolute Gasteiger partial charge is 0.469 e. The molecule has 0 atom stereocenters. The molecule has 0 amide bonds. The van der Waals surface area contributed by atoms with Crippen LogP contribution in [-0.4, -0.2) is 22.6 Å². The molecule has 0 unspecified atom stereocenters. The first-order valence-corrected chi connectivity index (χ1v) is 6.81. The number of carbonyl (C=O) groups excluding carboxylic acids is 1. The van der Waals surface area contributed by atoms with Crippen LogP contribution in [0.5, 0.6) is 0 Å². The van der Waals surface area contributed by atoms with Crippen LogP contribution in [0.1, 0.15) is 26.5 Å². The Morgan fingerprint density at radius 1 is 1.52 bits per heavy atom. The fourth-order valence-electron chi connectivity index (χ4n) is 1.51. The van der Waals surface area contributed by atoms with Gasteiger partial charge in [0, 0.05) is 18.4 Å². The van der Waals surface area contributed by atoms with Gasteiger partial charge < -0.3 is 9.30 Å². The Bertz CT molecular complexity index is 516. The second-order valence-electron chi connectivity index (χ2n) is 3.86. The van der Waals surface area contributed by atoms with Crippen LogP contribution in [0, 0.1) is 0 Å². The summed E-state index contributed by atoms with van der Waals surface area (Å²) in [7, 11) is 1.34. The first-order valence-electron chi connectivity index (χ1n) is 6.81. The second-order valence-corrected chi connectivity index (χ2v) is 3.86. The first-order chi connectivity index (χ1) is 10.1. The fourth-order valence-corrected chi connectivity index (χ4v) is 1.51. The Balaban J connectivity index is 0.00000191. The predicted molar refractivity (Wildman–Crippen MR) is 82.4 cm³/mol. The van der Waals surface area contributed by atoms with Crippen molar-refractivity contribution >= 4 is 5.97 Å². The second kappa shape index (κ2) is 10.6. The van der Waals surface area contributed by atoms with Crippen LogP contribution < -0.4 is 0 Å². The fraction of sp³-hybridized carbons (Fsp3) is 0.375. The van der Waals surface area contributed by atoms with E-state index in [0.717, 1.165) is 17.3 Å². The van der Waals surface area contributed by atoms with Gasteiger partial charge in [-0.3, -0.25) is 4.79 Å². The minimum absolute atomic E-state index is 0.140. The van der Waals surface area contributed by atoms with Gasteiger partial charge in [-0.2, -0.15) is 0 Å². The van der Waals surface area contributed by atoms with E-state index < -0.39 is 5.83 Å². The van der Waals surface area contributed by atoms with Gasteiger partial charge in [-0.15, -0.1) is 0 Å². The number of halogens is 1. The quantitative estimate of drug-likeness (QED) is 0.594. The molecule has 21 heavy (non-hydrogen) atoms. The molecule has 116 valence electrons. The Morgan fingerprint density at radius 2 is 2.19 bits per heavy atom. The summed E-state index contributed by atoms with van der Waals surface area (Å²) in [5.41, 5.74) is 1.49. The van der Waals surface area contributed by atoms with Gasteiger partial charge in [0.25, 0.3) is 0 Å². The lowest BCUT2D eigenvalue weighted by Crippen LogP contribution is -2.10. The average Bonchev–Trinajstić information content (AvgIpc) is 2.95. The van der Waals surface area contributed by atoms with E-state index in [4.69, 9.17) is 0 Å². The lowest BCUT2D eigenvalue weighted by atomic mass is 10.2. The van der Waals surface area contributed by atoms with Gasteiger partial charge in [-0.1, -0.05) is 26.5 Å². The molecule has 0 N–H and O–H groups in total. The molecule has 1 heterocycles. The van der Waals surface area contributed by atoms with E-state index in [2.05, 4.69) is 16.3 Å². The summed E-state index contributed by atoms with van der Waals surface area (Å²) in [5.74, 6) is -0.737. The van der Waals surface area contributed by atoms with Crippen molar-refractivity contribution in [1.82, 2.24) is 9.55 Å².